The quantitative estimate of drug-likeness (QED) is 0.591. The number of rotatable bonds is 6. The molecule has 0 aromatic heterocycles. The first-order valence-corrected chi connectivity index (χ1v) is 12.9. The van der Waals surface area contributed by atoms with Gasteiger partial charge in [0.2, 0.25) is 16.1 Å². The van der Waals surface area contributed by atoms with E-state index in [1.54, 1.807) is 63.4 Å². The third-order valence-electron chi connectivity index (χ3n) is 6.23. The molecule has 36 heavy (non-hydrogen) atoms. The first-order valence-electron chi connectivity index (χ1n) is 11.4. The van der Waals surface area contributed by atoms with Crippen molar-refractivity contribution < 1.29 is 37.0 Å². The smallest absolute Gasteiger partial charge is 0.268 e. The van der Waals surface area contributed by atoms with Crippen molar-refractivity contribution in [1.29, 1.82) is 0 Å². The van der Waals surface area contributed by atoms with E-state index in [-0.39, 0.29) is 17.2 Å². The van der Waals surface area contributed by atoms with E-state index in [1.165, 1.54) is 6.07 Å². The summed E-state index contributed by atoms with van der Waals surface area (Å²) in [7, 11) is -2.33. The predicted octanol–water partition coefficient (Wildman–Crippen LogP) is 1.98. The second-order valence-corrected chi connectivity index (χ2v) is 10.7. The van der Waals surface area contributed by atoms with Crippen LogP contribution in [-0.2, 0) is 38.6 Å². The average molecular weight is 518 g/mol. The van der Waals surface area contributed by atoms with Crippen LogP contribution in [0.25, 0.3) is 11.1 Å². The zero-order valence-electron chi connectivity index (χ0n) is 19.9. The summed E-state index contributed by atoms with van der Waals surface area (Å²) in [6.07, 6.45) is -2.64. The number of benzene rings is 2. The number of sulfonamides is 1. The fraction of sp³-hybridized carbons (Fsp3) is 0.417. The highest BCUT2D eigenvalue weighted by molar-refractivity contribution is 7.89. The van der Waals surface area contributed by atoms with E-state index in [0.717, 1.165) is 0 Å². The molecular weight excluding hydrogens is 490 g/mol. The average Bonchev–Trinajstić information content (AvgIpc) is 3.51. The molecule has 5 atom stereocenters. The number of amides is 1. The lowest BCUT2D eigenvalue weighted by molar-refractivity contribution is -0.208. The maximum atomic E-state index is 12.8. The number of methoxy groups -OCH3 is 1. The number of hydrogen-bond acceptors (Lipinski definition) is 9. The molecule has 5 rings (SSSR count). The van der Waals surface area contributed by atoms with Gasteiger partial charge in [0.05, 0.1) is 10.6 Å². The van der Waals surface area contributed by atoms with Crippen molar-refractivity contribution in [3.8, 4) is 11.1 Å². The lowest BCUT2D eigenvalue weighted by Crippen LogP contribution is -2.40. The minimum Gasteiger partial charge on any atom is -0.382 e. The zero-order valence-corrected chi connectivity index (χ0v) is 20.7. The van der Waals surface area contributed by atoms with Crippen LogP contribution in [0.4, 0.5) is 5.69 Å². The summed E-state index contributed by atoms with van der Waals surface area (Å²) < 4.78 is 47.0. The molecule has 1 amide bonds. The molecular formula is C24H27N3O8S. The summed E-state index contributed by atoms with van der Waals surface area (Å²) in [6, 6.07) is 13.2. The van der Waals surface area contributed by atoms with Gasteiger partial charge >= 0.3 is 0 Å². The Kier molecular flexibility index (Phi) is 6.35. The highest BCUT2D eigenvalue weighted by atomic mass is 32.2. The van der Waals surface area contributed by atoms with E-state index in [4.69, 9.17) is 28.9 Å². The molecule has 0 aliphatic carbocycles. The standard InChI is InChI=1S/C24H27N3O8S/c1-24(2)33-21-20(31-3)19(32-23(21)34-24)16-12-17(35-27-16)22(28)26-14-10-8-13(9-11-14)15-6-4-5-7-18(15)36(25,29)30/h4-11,17,19-21,23H,12H2,1-3H3,(H,26,28)(H2,25,29,30). The second-order valence-electron chi connectivity index (χ2n) is 9.21. The van der Waals surface area contributed by atoms with Crippen LogP contribution in [0.3, 0.4) is 0 Å². The van der Waals surface area contributed by atoms with Gasteiger partial charge in [-0.25, -0.2) is 13.6 Å². The van der Waals surface area contributed by atoms with Crippen molar-refractivity contribution in [2.45, 2.75) is 61.7 Å². The van der Waals surface area contributed by atoms with Gasteiger partial charge in [0.1, 0.15) is 18.3 Å². The minimum absolute atomic E-state index is 0.0258. The summed E-state index contributed by atoms with van der Waals surface area (Å²) in [5.41, 5.74) is 2.17. The van der Waals surface area contributed by atoms with Crippen molar-refractivity contribution in [3.05, 3.63) is 48.5 Å². The van der Waals surface area contributed by atoms with Gasteiger partial charge in [-0.1, -0.05) is 35.5 Å². The lowest BCUT2D eigenvalue weighted by Gasteiger charge is -2.24. The number of nitrogens with one attached hydrogen (secondary N) is 1. The van der Waals surface area contributed by atoms with Crippen LogP contribution in [0, 0.1) is 0 Å². The van der Waals surface area contributed by atoms with Crippen molar-refractivity contribution in [3.63, 3.8) is 0 Å². The third kappa shape index (κ3) is 4.75. The van der Waals surface area contributed by atoms with Crippen molar-refractivity contribution in [2.24, 2.45) is 10.3 Å². The summed E-state index contributed by atoms with van der Waals surface area (Å²) in [4.78, 5) is 18.2. The first-order chi connectivity index (χ1) is 17.1. The largest absolute Gasteiger partial charge is 0.382 e. The fourth-order valence-corrected chi connectivity index (χ4v) is 5.38. The van der Waals surface area contributed by atoms with Gasteiger partial charge < -0.3 is 29.1 Å². The first kappa shape index (κ1) is 24.8. The Bertz CT molecular complexity index is 1290. The van der Waals surface area contributed by atoms with E-state index < -0.39 is 46.5 Å². The normalized spacial score (nSPS) is 28.9. The molecule has 192 valence electrons. The topological polar surface area (TPSA) is 148 Å². The number of nitrogens with zero attached hydrogens (tertiary/aromatic N) is 1. The van der Waals surface area contributed by atoms with Crippen molar-refractivity contribution in [2.75, 3.05) is 12.4 Å². The third-order valence-corrected chi connectivity index (χ3v) is 7.20. The molecule has 2 aromatic rings. The van der Waals surface area contributed by atoms with Gasteiger partial charge in [-0.15, -0.1) is 0 Å². The molecule has 0 spiro atoms. The Labute approximate surface area is 208 Å². The molecule has 2 saturated heterocycles. The molecule has 11 nitrogen and oxygen atoms in total. The van der Waals surface area contributed by atoms with Gasteiger partial charge in [-0.05, 0) is 37.6 Å². The van der Waals surface area contributed by atoms with Gasteiger partial charge in [0.15, 0.2) is 12.1 Å². The summed E-state index contributed by atoms with van der Waals surface area (Å²) in [5.74, 6) is -1.16. The Hall–Kier alpha value is -2.87. The van der Waals surface area contributed by atoms with E-state index >= 15 is 0 Å². The van der Waals surface area contributed by atoms with E-state index in [0.29, 0.717) is 22.5 Å². The van der Waals surface area contributed by atoms with Crippen LogP contribution in [0.15, 0.2) is 58.6 Å². The van der Waals surface area contributed by atoms with Gasteiger partial charge in [-0.2, -0.15) is 0 Å². The molecule has 12 heteroatoms. The fourth-order valence-electron chi connectivity index (χ4n) is 4.62. The van der Waals surface area contributed by atoms with Crippen LogP contribution in [0.1, 0.15) is 20.3 Å². The number of anilines is 1. The number of primary sulfonamides is 1. The monoisotopic (exact) mass is 517 g/mol. The Morgan fingerprint density at radius 3 is 2.56 bits per heavy atom. The van der Waals surface area contributed by atoms with Crippen LogP contribution >= 0.6 is 0 Å². The zero-order chi connectivity index (χ0) is 25.7. The van der Waals surface area contributed by atoms with Crippen LogP contribution in [-0.4, -0.2) is 63.6 Å². The van der Waals surface area contributed by atoms with Gasteiger partial charge in [0.25, 0.3) is 5.91 Å². The Balaban J connectivity index is 1.22. The molecule has 0 saturated carbocycles. The summed E-state index contributed by atoms with van der Waals surface area (Å²) in [5, 5.41) is 12.2. The molecule has 5 unspecified atom stereocenters. The highest BCUT2D eigenvalue weighted by Crippen LogP contribution is 2.40. The number of ether oxygens (including phenoxy) is 4. The molecule has 3 aliphatic rings. The maximum Gasteiger partial charge on any atom is 0.268 e. The second kappa shape index (κ2) is 9.21. The van der Waals surface area contributed by atoms with Crippen LogP contribution in [0.5, 0.6) is 0 Å². The number of hydrogen-bond donors (Lipinski definition) is 2. The number of carbonyl (C=O) groups is 1. The molecule has 2 fully saturated rings. The lowest BCUT2D eigenvalue weighted by atomic mass is 10.0. The minimum atomic E-state index is -3.88. The molecule has 3 aliphatic heterocycles. The number of carbonyl (C=O) groups excluding carboxylic acids is 1. The predicted molar refractivity (Wildman–Crippen MR) is 128 cm³/mol. The number of fused-ring (bicyclic) bond motifs is 1. The van der Waals surface area contributed by atoms with Crippen LogP contribution < -0.4 is 10.5 Å². The van der Waals surface area contributed by atoms with E-state index in [2.05, 4.69) is 10.5 Å². The van der Waals surface area contributed by atoms with E-state index in [9.17, 15) is 13.2 Å². The summed E-state index contributed by atoms with van der Waals surface area (Å²) in [6.45, 7) is 3.61. The SMILES string of the molecule is COC1C(C2=NOC(C(=O)Nc3ccc(-c4ccccc4S(N)(=O)=O)cc3)C2)OC2OC(C)(C)OC21. The summed E-state index contributed by atoms with van der Waals surface area (Å²) >= 11 is 0. The molecule has 2 aromatic carbocycles. The molecule has 0 bridgehead atoms. The Morgan fingerprint density at radius 1 is 1.14 bits per heavy atom. The van der Waals surface area contributed by atoms with Crippen molar-refractivity contribution >= 4 is 27.3 Å². The maximum absolute atomic E-state index is 12.8. The number of nitrogens with two attached hydrogens (primary N) is 1. The molecule has 3 N–H and O–H groups in total. The van der Waals surface area contributed by atoms with Gasteiger partial charge in [-0.3, -0.25) is 4.79 Å². The van der Waals surface area contributed by atoms with Crippen LogP contribution in [0.2, 0.25) is 0 Å². The molecule has 0 radical (unpaired) electrons. The number of oxime groups is 1. The Morgan fingerprint density at radius 2 is 1.86 bits per heavy atom. The van der Waals surface area contributed by atoms with Crippen molar-refractivity contribution in [1.82, 2.24) is 0 Å². The molecule has 3 heterocycles. The van der Waals surface area contributed by atoms with E-state index in [1.807, 2.05) is 0 Å². The highest BCUT2D eigenvalue weighted by Gasteiger charge is 2.57. The van der Waals surface area contributed by atoms with Gasteiger partial charge in [0, 0.05) is 24.8 Å².